The smallest absolute Gasteiger partial charge is 0.0368 e. The molecule has 0 aliphatic carbocycles. The summed E-state index contributed by atoms with van der Waals surface area (Å²) >= 11 is 3.47. The third kappa shape index (κ3) is 2.58. The number of rotatable bonds is 2. The fraction of sp³-hybridized carbons (Fsp3) is 0.538. The Bertz CT molecular complexity index is 349. The van der Waals surface area contributed by atoms with Crippen LogP contribution in [0.3, 0.4) is 0 Å². The van der Waals surface area contributed by atoms with Crippen LogP contribution < -0.4 is 10.2 Å². The maximum Gasteiger partial charge on any atom is 0.0368 e. The van der Waals surface area contributed by atoms with E-state index in [9.17, 15) is 0 Å². The van der Waals surface area contributed by atoms with Gasteiger partial charge in [0.05, 0.1) is 0 Å². The molecule has 1 aromatic rings. The second-order valence-corrected chi connectivity index (χ2v) is 5.65. The molecule has 1 saturated heterocycles. The van der Waals surface area contributed by atoms with Crippen LogP contribution >= 0.6 is 15.9 Å². The average Bonchev–Trinajstić information content (AvgIpc) is 2.30. The highest BCUT2D eigenvalue weighted by molar-refractivity contribution is 9.10. The van der Waals surface area contributed by atoms with E-state index in [-0.39, 0.29) is 5.54 Å². The first-order chi connectivity index (χ1) is 7.63. The van der Waals surface area contributed by atoms with Crippen LogP contribution in [-0.4, -0.2) is 25.2 Å². The molecule has 16 heavy (non-hydrogen) atoms. The molecule has 1 atom stereocenters. The number of hydrogen-bond acceptors (Lipinski definition) is 2. The normalized spacial score (nSPS) is 25.8. The summed E-state index contributed by atoms with van der Waals surface area (Å²) in [5, 5.41) is 3.61. The Morgan fingerprint density at radius 1 is 1.38 bits per heavy atom. The molecule has 0 bridgehead atoms. The molecular formula is C13H19BrN2. The maximum atomic E-state index is 3.61. The Labute approximate surface area is 106 Å². The van der Waals surface area contributed by atoms with Crippen molar-refractivity contribution in [2.75, 3.05) is 24.5 Å². The van der Waals surface area contributed by atoms with Gasteiger partial charge in [-0.1, -0.05) is 22.9 Å². The molecule has 88 valence electrons. The van der Waals surface area contributed by atoms with Crippen LogP contribution in [0.2, 0.25) is 0 Å². The minimum absolute atomic E-state index is 0.255. The summed E-state index contributed by atoms with van der Waals surface area (Å²) < 4.78 is 1.14. The fourth-order valence-corrected chi connectivity index (χ4v) is 2.42. The van der Waals surface area contributed by atoms with Gasteiger partial charge in [-0.25, -0.2) is 0 Å². The van der Waals surface area contributed by atoms with Crippen LogP contribution in [-0.2, 0) is 0 Å². The van der Waals surface area contributed by atoms with Gasteiger partial charge in [-0.3, -0.25) is 0 Å². The lowest BCUT2D eigenvalue weighted by Gasteiger charge is -2.42. The molecule has 1 fully saturated rings. The predicted molar refractivity (Wildman–Crippen MR) is 73.1 cm³/mol. The lowest BCUT2D eigenvalue weighted by Crippen LogP contribution is -2.58. The summed E-state index contributed by atoms with van der Waals surface area (Å²) in [4.78, 5) is 2.46. The molecule has 0 spiro atoms. The number of benzene rings is 1. The van der Waals surface area contributed by atoms with E-state index in [2.05, 4.69) is 64.3 Å². The summed E-state index contributed by atoms with van der Waals surface area (Å²) in [6, 6.07) is 8.60. The molecule has 0 radical (unpaired) electrons. The average molecular weight is 283 g/mol. The first-order valence-corrected chi connectivity index (χ1v) is 6.68. The molecule has 3 heteroatoms. The highest BCUT2D eigenvalue weighted by Crippen LogP contribution is 2.23. The maximum absolute atomic E-state index is 3.61. The van der Waals surface area contributed by atoms with Crippen LogP contribution in [0.5, 0.6) is 0 Å². The molecule has 2 rings (SSSR count). The van der Waals surface area contributed by atoms with Crippen molar-refractivity contribution in [3.63, 3.8) is 0 Å². The van der Waals surface area contributed by atoms with E-state index < -0.39 is 0 Å². The summed E-state index contributed by atoms with van der Waals surface area (Å²) in [6.45, 7) is 7.80. The van der Waals surface area contributed by atoms with E-state index in [1.54, 1.807) is 0 Å². The zero-order valence-electron chi connectivity index (χ0n) is 9.96. The molecule has 1 aromatic carbocycles. The zero-order valence-corrected chi connectivity index (χ0v) is 11.5. The zero-order chi connectivity index (χ0) is 11.6. The molecule has 1 aliphatic rings. The summed E-state index contributed by atoms with van der Waals surface area (Å²) in [5.74, 6) is 0. The number of nitrogens with one attached hydrogen (secondary N) is 1. The molecule has 0 saturated carbocycles. The van der Waals surface area contributed by atoms with Crippen molar-refractivity contribution >= 4 is 21.6 Å². The van der Waals surface area contributed by atoms with Crippen LogP contribution in [0.1, 0.15) is 20.3 Å². The van der Waals surface area contributed by atoms with Crippen LogP contribution in [0, 0.1) is 0 Å². The highest BCUT2D eigenvalue weighted by Gasteiger charge is 2.28. The van der Waals surface area contributed by atoms with Gasteiger partial charge in [0, 0.05) is 35.3 Å². The molecule has 1 heterocycles. The van der Waals surface area contributed by atoms with Crippen molar-refractivity contribution in [1.29, 1.82) is 0 Å². The lowest BCUT2D eigenvalue weighted by molar-refractivity contribution is 0.314. The van der Waals surface area contributed by atoms with E-state index >= 15 is 0 Å². The Morgan fingerprint density at radius 3 is 2.69 bits per heavy atom. The van der Waals surface area contributed by atoms with Crippen molar-refractivity contribution in [2.45, 2.75) is 25.8 Å². The predicted octanol–water partition coefficient (Wildman–Crippen LogP) is 3.03. The SMILES string of the molecule is CCC1(C)CN(c2ccc(Br)cc2)CCN1. The summed E-state index contributed by atoms with van der Waals surface area (Å²) in [7, 11) is 0. The van der Waals surface area contributed by atoms with Gasteiger partial charge in [-0.05, 0) is 37.6 Å². The number of nitrogens with zero attached hydrogens (tertiary/aromatic N) is 1. The van der Waals surface area contributed by atoms with Gasteiger partial charge in [-0.15, -0.1) is 0 Å². The largest absolute Gasteiger partial charge is 0.368 e. The van der Waals surface area contributed by atoms with E-state index in [1.807, 2.05) is 0 Å². The molecular weight excluding hydrogens is 264 g/mol. The Hall–Kier alpha value is -0.540. The summed E-state index contributed by atoms with van der Waals surface area (Å²) in [6.07, 6.45) is 1.17. The summed E-state index contributed by atoms with van der Waals surface area (Å²) in [5.41, 5.74) is 1.58. The number of halogens is 1. The second kappa shape index (κ2) is 4.76. The van der Waals surface area contributed by atoms with Gasteiger partial charge in [0.2, 0.25) is 0 Å². The first kappa shape index (κ1) is 11.9. The van der Waals surface area contributed by atoms with Crippen LogP contribution in [0.15, 0.2) is 28.7 Å². The quantitative estimate of drug-likeness (QED) is 0.897. The lowest BCUT2D eigenvalue weighted by atomic mass is 9.95. The molecule has 0 amide bonds. The van der Waals surface area contributed by atoms with Crippen LogP contribution in [0.4, 0.5) is 5.69 Å². The Balaban J connectivity index is 2.12. The van der Waals surface area contributed by atoms with E-state index in [0.29, 0.717) is 0 Å². The van der Waals surface area contributed by atoms with Gasteiger partial charge >= 0.3 is 0 Å². The molecule has 0 aromatic heterocycles. The minimum atomic E-state index is 0.255. The monoisotopic (exact) mass is 282 g/mol. The minimum Gasteiger partial charge on any atom is -0.368 e. The third-order valence-electron chi connectivity index (χ3n) is 3.45. The van der Waals surface area contributed by atoms with Gasteiger partial charge in [0.25, 0.3) is 0 Å². The van der Waals surface area contributed by atoms with Crippen molar-refractivity contribution in [1.82, 2.24) is 5.32 Å². The number of anilines is 1. The molecule has 1 unspecified atom stereocenters. The van der Waals surface area contributed by atoms with E-state index in [1.165, 1.54) is 12.1 Å². The van der Waals surface area contributed by atoms with Crippen molar-refractivity contribution in [3.05, 3.63) is 28.7 Å². The number of hydrogen-bond donors (Lipinski definition) is 1. The van der Waals surface area contributed by atoms with Gasteiger partial charge in [0.1, 0.15) is 0 Å². The third-order valence-corrected chi connectivity index (χ3v) is 3.97. The topological polar surface area (TPSA) is 15.3 Å². The van der Waals surface area contributed by atoms with Gasteiger partial charge in [0.15, 0.2) is 0 Å². The molecule has 1 N–H and O–H groups in total. The van der Waals surface area contributed by atoms with Gasteiger partial charge in [-0.2, -0.15) is 0 Å². The first-order valence-electron chi connectivity index (χ1n) is 5.88. The van der Waals surface area contributed by atoms with Crippen molar-refractivity contribution < 1.29 is 0 Å². The standard InChI is InChI=1S/C13H19BrN2/c1-3-13(2)10-16(9-8-15-13)12-6-4-11(14)5-7-12/h4-7,15H,3,8-10H2,1-2H3. The van der Waals surface area contributed by atoms with Crippen LogP contribution in [0.25, 0.3) is 0 Å². The Morgan fingerprint density at radius 2 is 2.06 bits per heavy atom. The fourth-order valence-electron chi connectivity index (χ4n) is 2.16. The van der Waals surface area contributed by atoms with E-state index in [4.69, 9.17) is 0 Å². The van der Waals surface area contributed by atoms with E-state index in [0.717, 1.165) is 24.1 Å². The molecule has 1 aliphatic heterocycles. The number of piperazine rings is 1. The second-order valence-electron chi connectivity index (χ2n) is 4.74. The highest BCUT2D eigenvalue weighted by atomic mass is 79.9. The van der Waals surface area contributed by atoms with Crippen molar-refractivity contribution in [3.8, 4) is 0 Å². The Kier molecular flexibility index (Phi) is 3.55. The molecule has 2 nitrogen and oxygen atoms in total. The van der Waals surface area contributed by atoms with Crippen molar-refractivity contribution in [2.24, 2.45) is 0 Å². The van der Waals surface area contributed by atoms with Gasteiger partial charge < -0.3 is 10.2 Å².